The van der Waals surface area contributed by atoms with Gasteiger partial charge >= 0.3 is 0 Å². The number of rotatable bonds is 7. The van der Waals surface area contributed by atoms with Crippen LogP contribution in [0.2, 0.25) is 5.02 Å². The molecule has 0 aliphatic carbocycles. The molecule has 0 saturated heterocycles. The fraction of sp³-hybridized carbons (Fsp3) is 0.333. The normalized spacial score (nSPS) is 10.9. The van der Waals surface area contributed by atoms with Crippen LogP contribution in [0.15, 0.2) is 35.8 Å². The van der Waals surface area contributed by atoms with E-state index in [2.05, 4.69) is 18.9 Å². The van der Waals surface area contributed by atoms with E-state index in [1.165, 1.54) is 22.5 Å². The minimum absolute atomic E-state index is 0.0395. The first-order valence-corrected chi connectivity index (χ1v) is 10.4. The average Bonchev–Trinajstić information content (AvgIpc) is 3.29. The summed E-state index contributed by atoms with van der Waals surface area (Å²) < 4.78 is 7.67. The Bertz CT molecular complexity index is 980. The number of carbonyl (C=O) groups excluding carboxylic acids is 1. The quantitative estimate of drug-likeness (QED) is 0.538. The first-order valence-electron chi connectivity index (χ1n) is 9.12. The van der Waals surface area contributed by atoms with E-state index < -0.39 is 0 Å². The zero-order valence-corrected chi connectivity index (χ0v) is 18.1. The summed E-state index contributed by atoms with van der Waals surface area (Å²) >= 11 is 7.63. The Kier molecular flexibility index (Phi) is 6.42. The number of hydrogen-bond donors (Lipinski definition) is 0. The van der Waals surface area contributed by atoms with Crippen LogP contribution < -0.4 is 4.74 Å². The Morgan fingerprint density at radius 3 is 2.79 bits per heavy atom. The monoisotopic (exact) mass is 417 g/mol. The second kappa shape index (κ2) is 8.80. The second-order valence-corrected chi connectivity index (χ2v) is 8.09. The van der Waals surface area contributed by atoms with Crippen molar-refractivity contribution in [3.8, 4) is 5.75 Å². The fourth-order valence-electron chi connectivity index (χ4n) is 2.84. The van der Waals surface area contributed by atoms with E-state index in [9.17, 15) is 4.79 Å². The molecule has 7 heteroatoms. The van der Waals surface area contributed by atoms with Crippen LogP contribution in [-0.4, -0.2) is 27.6 Å². The number of halogens is 1. The van der Waals surface area contributed by atoms with Gasteiger partial charge in [-0.3, -0.25) is 9.48 Å². The van der Waals surface area contributed by atoms with E-state index in [0.717, 1.165) is 17.0 Å². The van der Waals surface area contributed by atoms with Gasteiger partial charge in [-0.2, -0.15) is 5.10 Å². The average molecular weight is 418 g/mol. The highest BCUT2D eigenvalue weighted by Gasteiger charge is 2.18. The number of nitrogens with zero attached hydrogens (tertiary/aromatic N) is 3. The predicted molar refractivity (Wildman–Crippen MR) is 113 cm³/mol. The van der Waals surface area contributed by atoms with Gasteiger partial charge in [0.05, 0.1) is 28.3 Å². The lowest BCUT2D eigenvalue weighted by molar-refractivity contribution is 0.0786. The summed E-state index contributed by atoms with van der Waals surface area (Å²) in [6.07, 6.45) is 1.62. The molecule has 3 aromatic rings. The highest BCUT2D eigenvalue weighted by atomic mass is 35.5. The van der Waals surface area contributed by atoms with Gasteiger partial charge in [0.15, 0.2) is 0 Å². The van der Waals surface area contributed by atoms with Gasteiger partial charge in [0.2, 0.25) is 0 Å². The molecular weight excluding hydrogens is 394 g/mol. The summed E-state index contributed by atoms with van der Waals surface area (Å²) in [5.41, 5.74) is 4.26. The van der Waals surface area contributed by atoms with Gasteiger partial charge in [-0.05, 0) is 55.5 Å². The van der Waals surface area contributed by atoms with Crippen molar-refractivity contribution in [2.24, 2.45) is 0 Å². The maximum Gasteiger partial charge on any atom is 0.264 e. The molecule has 0 spiro atoms. The Balaban J connectivity index is 1.63. The molecule has 28 heavy (non-hydrogen) atoms. The molecule has 0 saturated carbocycles. The number of ether oxygens (including phenoxy) is 1. The van der Waals surface area contributed by atoms with Crippen LogP contribution in [0.1, 0.15) is 39.0 Å². The number of aromatic nitrogens is 2. The predicted octanol–water partition coefficient (Wildman–Crippen LogP) is 5.09. The van der Waals surface area contributed by atoms with Crippen molar-refractivity contribution < 1.29 is 9.53 Å². The highest BCUT2D eigenvalue weighted by molar-refractivity contribution is 7.12. The van der Waals surface area contributed by atoms with Gasteiger partial charge in [-0.25, -0.2) is 0 Å². The lowest BCUT2D eigenvalue weighted by atomic mass is 10.1. The standard InChI is InChI=1S/C21H24ClN3O2S/c1-5-25-19(18(22)10-23-25)11-24(4)21(26)20-9-16(13-28-20)12-27-17-7-6-14(2)15(3)8-17/h6-10,13H,5,11-12H2,1-4H3. The van der Waals surface area contributed by atoms with Crippen molar-refractivity contribution >= 4 is 28.8 Å². The number of thiophene rings is 1. The summed E-state index contributed by atoms with van der Waals surface area (Å²) in [4.78, 5) is 15.1. The second-order valence-electron chi connectivity index (χ2n) is 6.77. The molecule has 0 atom stereocenters. The maximum atomic E-state index is 12.8. The molecule has 148 valence electrons. The first-order chi connectivity index (χ1) is 13.4. The molecule has 3 rings (SSSR count). The van der Waals surface area contributed by atoms with Crippen molar-refractivity contribution in [1.82, 2.24) is 14.7 Å². The topological polar surface area (TPSA) is 47.4 Å². The fourth-order valence-corrected chi connectivity index (χ4v) is 3.93. The van der Waals surface area contributed by atoms with Crippen LogP contribution in [-0.2, 0) is 19.7 Å². The van der Waals surface area contributed by atoms with Crippen molar-refractivity contribution in [2.75, 3.05) is 7.05 Å². The van der Waals surface area contributed by atoms with Gasteiger partial charge < -0.3 is 9.64 Å². The van der Waals surface area contributed by atoms with Crippen molar-refractivity contribution in [2.45, 2.75) is 40.5 Å². The Morgan fingerprint density at radius 2 is 2.07 bits per heavy atom. The summed E-state index contributed by atoms with van der Waals surface area (Å²) in [6, 6.07) is 7.94. The lowest BCUT2D eigenvalue weighted by Crippen LogP contribution is -2.27. The summed E-state index contributed by atoms with van der Waals surface area (Å²) in [5.74, 6) is 0.795. The molecule has 0 N–H and O–H groups in total. The zero-order chi connectivity index (χ0) is 20.3. The number of carbonyl (C=O) groups is 1. The molecule has 0 fully saturated rings. The first kappa shape index (κ1) is 20.4. The van der Waals surface area contributed by atoms with Crippen LogP contribution in [0.25, 0.3) is 0 Å². The third-order valence-electron chi connectivity index (χ3n) is 4.68. The number of amides is 1. The molecule has 1 amide bonds. The molecule has 2 aromatic heterocycles. The number of hydrogen-bond acceptors (Lipinski definition) is 4. The van der Waals surface area contributed by atoms with Gasteiger partial charge in [0.1, 0.15) is 12.4 Å². The molecular formula is C21H24ClN3O2S. The third-order valence-corrected chi connectivity index (χ3v) is 5.96. The Hall–Kier alpha value is -2.31. The minimum Gasteiger partial charge on any atom is -0.489 e. The van der Waals surface area contributed by atoms with Crippen molar-refractivity contribution in [3.05, 3.63) is 68.1 Å². The molecule has 0 aliphatic heterocycles. The van der Waals surface area contributed by atoms with E-state index in [-0.39, 0.29) is 5.91 Å². The summed E-state index contributed by atoms with van der Waals surface area (Å²) in [5, 5.41) is 6.76. The Morgan fingerprint density at radius 1 is 1.29 bits per heavy atom. The van der Waals surface area contributed by atoms with E-state index in [1.54, 1.807) is 18.1 Å². The van der Waals surface area contributed by atoms with Crippen molar-refractivity contribution in [1.29, 1.82) is 0 Å². The van der Waals surface area contributed by atoms with Gasteiger partial charge in [-0.15, -0.1) is 11.3 Å². The van der Waals surface area contributed by atoms with Crippen LogP contribution >= 0.6 is 22.9 Å². The molecule has 2 heterocycles. The van der Waals surface area contributed by atoms with Gasteiger partial charge in [0.25, 0.3) is 5.91 Å². The highest BCUT2D eigenvalue weighted by Crippen LogP contribution is 2.22. The largest absolute Gasteiger partial charge is 0.489 e. The smallest absolute Gasteiger partial charge is 0.264 e. The Labute approximate surface area is 174 Å². The molecule has 0 aliphatic rings. The van der Waals surface area contributed by atoms with E-state index in [0.29, 0.717) is 29.6 Å². The van der Waals surface area contributed by atoms with Crippen LogP contribution in [0.3, 0.4) is 0 Å². The molecule has 0 unspecified atom stereocenters. The van der Waals surface area contributed by atoms with E-state index >= 15 is 0 Å². The van der Waals surface area contributed by atoms with Gasteiger partial charge in [-0.1, -0.05) is 17.7 Å². The lowest BCUT2D eigenvalue weighted by Gasteiger charge is -2.17. The van der Waals surface area contributed by atoms with Crippen LogP contribution in [0.5, 0.6) is 5.75 Å². The van der Waals surface area contributed by atoms with Crippen LogP contribution in [0, 0.1) is 13.8 Å². The SMILES string of the molecule is CCn1ncc(Cl)c1CN(C)C(=O)c1cc(COc2ccc(C)c(C)c2)cs1. The molecule has 1 aromatic carbocycles. The molecule has 5 nitrogen and oxygen atoms in total. The molecule has 0 bridgehead atoms. The zero-order valence-electron chi connectivity index (χ0n) is 16.5. The van der Waals surface area contributed by atoms with Crippen LogP contribution in [0.4, 0.5) is 0 Å². The molecule has 0 radical (unpaired) electrons. The van der Waals surface area contributed by atoms with Crippen molar-refractivity contribution in [3.63, 3.8) is 0 Å². The van der Waals surface area contributed by atoms with E-state index in [1.807, 2.05) is 41.3 Å². The van der Waals surface area contributed by atoms with E-state index in [4.69, 9.17) is 16.3 Å². The summed E-state index contributed by atoms with van der Waals surface area (Å²) in [7, 11) is 1.77. The number of aryl methyl sites for hydroxylation is 3. The minimum atomic E-state index is -0.0395. The maximum absolute atomic E-state index is 12.8. The number of benzene rings is 1. The summed E-state index contributed by atoms with van der Waals surface area (Å²) in [6.45, 7) is 7.70. The third kappa shape index (κ3) is 4.56. The van der Waals surface area contributed by atoms with Gasteiger partial charge in [0, 0.05) is 19.2 Å².